The lowest BCUT2D eigenvalue weighted by molar-refractivity contribution is -0.114. The first-order valence-corrected chi connectivity index (χ1v) is 8.85. The lowest BCUT2D eigenvalue weighted by Crippen LogP contribution is -2.22. The van der Waals surface area contributed by atoms with Gasteiger partial charge in [0, 0.05) is 23.7 Å². The van der Waals surface area contributed by atoms with Crippen LogP contribution in [0.1, 0.15) is 5.56 Å². The summed E-state index contributed by atoms with van der Waals surface area (Å²) in [5, 5.41) is 5.17. The van der Waals surface area contributed by atoms with Gasteiger partial charge in [0.1, 0.15) is 11.6 Å². The van der Waals surface area contributed by atoms with Crippen molar-refractivity contribution in [1.82, 2.24) is 0 Å². The number of amides is 1. The Balaban J connectivity index is 2.06. The first-order valence-electron chi connectivity index (χ1n) is 6.95. The molecule has 8 heteroatoms. The van der Waals surface area contributed by atoms with E-state index in [0.29, 0.717) is 11.8 Å². The van der Waals surface area contributed by atoms with Crippen LogP contribution in [0.25, 0.3) is 0 Å². The fourth-order valence-corrected chi connectivity index (χ4v) is 2.68. The van der Waals surface area contributed by atoms with Gasteiger partial charge in [-0.3, -0.25) is 4.79 Å². The molecule has 1 amide bonds. The third-order valence-electron chi connectivity index (χ3n) is 3.22. The molecule has 0 radical (unpaired) electrons. The first kappa shape index (κ1) is 17.9. The van der Waals surface area contributed by atoms with E-state index in [4.69, 9.17) is 0 Å². The number of nitrogens with one attached hydrogen (secondary N) is 2. The van der Waals surface area contributed by atoms with Gasteiger partial charge in [0.15, 0.2) is 9.84 Å². The van der Waals surface area contributed by atoms with Gasteiger partial charge >= 0.3 is 0 Å². The summed E-state index contributed by atoms with van der Waals surface area (Å²) in [6, 6.07) is 7.23. The maximum Gasteiger partial charge on any atom is 0.243 e. The van der Waals surface area contributed by atoms with Gasteiger partial charge in [-0.15, -0.1) is 0 Å². The van der Waals surface area contributed by atoms with Crippen molar-refractivity contribution in [1.29, 1.82) is 0 Å². The van der Waals surface area contributed by atoms with Crippen LogP contribution in [0.3, 0.4) is 0 Å². The second-order valence-electron chi connectivity index (χ2n) is 5.31. The van der Waals surface area contributed by atoms with E-state index in [1.54, 1.807) is 13.0 Å². The molecule has 0 spiro atoms. The Bertz CT molecular complexity index is 863. The highest BCUT2D eigenvalue weighted by atomic mass is 32.2. The molecule has 2 aromatic carbocycles. The van der Waals surface area contributed by atoms with Gasteiger partial charge in [0.05, 0.1) is 11.4 Å². The SMILES string of the molecule is Cc1ccc(S(C)(=O)=O)cc1NCC(=O)Nc1cc(F)cc(F)c1. The molecule has 24 heavy (non-hydrogen) atoms. The maximum atomic E-state index is 13.1. The van der Waals surface area contributed by atoms with E-state index in [9.17, 15) is 22.0 Å². The van der Waals surface area contributed by atoms with Crippen LogP contribution in [0.5, 0.6) is 0 Å². The van der Waals surface area contributed by atoms with Gasteiger partial charge in [-0.05, 0) is 36.8 Å². The van der Waals surface area contributed by atoms with E-state index in [0.717, 1.165) is 24.0 Å². The van der Waals surface area contributed by atoms with Gasteiger partial charge in [0.25, 0.3) is 0 Å². The monoisotopic (exact) mass is 354 g/mol. The molecular formula is C16H16F2N2O3S. The Hall–Kier alpha value is -2.48. The van der Waals surface area contributed by atoms with Crippen LogP contribution in [0, 0.1) is 18.6 Å². The van der Waals surface area contributed by atoms with Crippen LogP contribution in [0.15, 0.2) is 41.3 Å². The lowest BCUT2D eigenvalue weighted by Gasteiger charge is -2.11. The van der Waals surface area contributed by atoms with Crippen LogP contribution in [0.2, 0.25) is 0 Å². The normalized spacial score (nSPS) is 11.2. The van der Waals surface area contributed by atoms with Crippen molar-refractivity contribution in [2.75, 3.05) is 23.4 Å². The van der Waals surface area contributed by atoms with Gasteiger partial charge < -0.3 is 10.6 Å². The summed E-state index contributed by atoms with van der Waals surface area (Å²) in [5.41, 5.74) is 1.24. The molecule has 0 fully saturated rings. The Kier molecular flexibility index (Phi) is 5.18. The number of aryl methyl sites for hydroxylation is 1. The number of rotatable bonds is 5. The molecule has 0 heterocycles. The maximum absolute atomic E-state index is 13.1. The van der Waals surface area contributed by atoms with Gasteiger partial charge in [0.2, 0.25) is 5.91 Å². The van der Waals surface area contributed by atoms with Crippen LogP contribution in [0.4, 0.5) is 20.2 Å². The molecular weight excluding hydrogens is 338 g/mol. The zero-order valence-corrected chi connectivity index (χ0v) is 13.9. The van der Waals surface area contributed by atoms with E-state index < -0.39 is 27.4 Å². The average Bonchev–Trinajstić information content (AvgIpc) is 2.44. The molecule has 128 valence electrons. The topological polar surface area (TPSA) is 75.3 Å². The molecule has 0 aromatic heterocycles. The zero-order chi connectivity index (χ0) is 17.9. The molecule has 0 bridgehead atoms. The number of carbonyl (C=O) groups is 1. The number of benzene rings is 2. The minimum absolute atomic E-state index is 0.000841. The molecule has 0 atom stereocenters. The van der Waals surface area contributed by atoms with E-state index in [2.05, 4.69) is 10.6 Å². The smallest absolute Gasteiger partial charge is 0.243 e. The van der Waals surface area contributed by atoms with Crippen molar-refractivity contribution in [2.45, 2.75) is 11.8 Å². The fraction of sp³-hybridized carbons (Fsp3) is 0.188. The first-order chi connectivity index (χ1) is 11.1. The Morgan fingerprint density at radius 1 is 1.08 bits per heavy atom. The molecule has 0 saturated carbocycles. The molecule has 2 aromatic rings. The predicted molar refractivity (Wildman–Crippen MR) is 87.8 cm³/mol. The zero-order valence-electron chi connectivity index (χ0n) is 13.1. The Morgan fingerprint density at radius 3 is 2.29 bits per heavy atom. The van der Waals surface area contributed by atoms with Crippen LogP contribution >= 0.6 is 0 Å². The highest BCUT2D eigenvalue weighted by molar-refractivity contribution is 7.90. The number of halogens is 2. The van der Waals surface area contributed by atoms with Crippen molar-refractivity contribution in [3.05, 3.63) is 53.6 Å². The lowest BCUT2D eigenvalue weighted by atomic mass is 10.2. The van der Waals surface area contributed by atoms with E-state index in [1.165, 1.54) is 12.1 Å². The van der Waals surface area contributed by atoms with Gasteiger partial charge in [-0.1, -0.05) is 6.07 Å². The molecule has 5 nitrogen and oxygen atoms in total. The van der Waals surface area contributed by atoms with E-state index in [1.807, 2.05) is 0 Å². The number of carbonyl (C=O) groups excluding carboxylic acids is 1. The third kappa shape index (κ3) is 4.76. The van der Waals surface area contributed by atoms with Crippen molar-refractivity contribution in [3.8, 4) is 0 Å². The highest BCUT2D eigenvalue weighted by Crippen LogP contribution is 2.20. The quantitative estimate of drug-likeness (QED) is 0.866. The number of hydrogen-bond donors (Lipinski definition) is 2. The molecule has 0 saturated heterocycles. The predicted octanol–water partition coefficient (Wildman–Crippen LogP) is 2.73. The summed E-state index contributed by atoms with van der Waals surface area (Å²) in [5.74, 6) is -2.12. The Morgan fingerprint density at radius 2 is 1.71 bits per heavy atom. The largest absolute Gasteiger partial charge is 0.376 e. The number of anilines is 2. The number of hydrogen-bond acceptors (Lipinski definition) is 4. The molecule has 0 unspecified atom stereocenters. The van der Waals surface area contributed by atoms with E-state index in [-0.39, 0.29) is 17.1 Å². The second kappa shape index (κ2) is 6.96. The summed E-state index contributed by atoms with van der Waals surface area (Å²) in [4.78, 5) is 12.0. The standard InChI is InChI=1S/C16H16F2N2O3S/c1-10-3-4-14(24(2,22)23)8-15(10)19-9-16(21)20-13-6-11(17)5-12(18)7-13/h3-8,19H,9H2,1-2H3,(H,20,21). The molecule has 0 aliphatic heterocycles. The van der Waals surface area contributed by atoms with Crippen molar-refractivity contribution in [2.24, 2.45) is 0 Å². The van der Waals surface area contributed by atoms with Gasteiger partial charge in [-0.2, -0.15) is 0 Å². The van der Waals surface area contributed by atoms with Crippen LogP contribution in [-0.4, -0.2) is 27.1 Å². The van der Waals surface area contributed by atoms with Gasteiger partial charge in [-0.25, -0.2) is 17.2 Å². The summed E-state index contributed by atoms with van der Waals surface area (Å²) < 4.78 is 49.3. The third-order valence-corrected chi connectivity index (χ3v) is 4.33. The molecule has 2 N–H and O–H groups in total. The fourth-order valence-electron chi connectivity index (χ4n) is 2.03. The second-order valence-corrected chi connectivity index (χ2v) is 7.32. The van der Waals surface area contributed by atoms with Crippen molar-refractivity contribution >= 4 is 27.1 Å². The van der Waals surface area contributed by atoms with Crippen LogP contribution in [-0.2, 0) is 14.6 Å². The summed E-state index contributed by atoms with van der Waals surface area (Å²) in [7, 11) is -3.36. The molecule has 2 rings (SSSR count). The molecule has 0 aliphatic carbocycles. The van der Waals surface area contributed by atoms with Crippen molar-refractivity contribution < 1.29 is 22.0 Å². The minimum atomic E-state index is -3.36. The summed E-state index contributed by atoms with van der Waals surface area (Å²) in [6.45, 7) is 1.57. The summed E-state index contributed by atoms with van der Waals surface area (Å²) >= 11 is 0. The minimum Gasteiger partial charge on any atom is -0.376 e. The number of sulfone groups is 1. The highest BCUT2D eigenvalue weighted by Gasteiger charge is 2.11. The van der Waals surface area contributed by atoms with Crippen molar-refractivity contribution in [3.63, 3.8) is 0 Å². The van der Waals surface area contributed by atoms with Crippen LogP contribution < -0.4 is 10.6 Å². The summed E-state index contributed by atoms with van der Waals surface area (Å²) in [6.07, 6.45) is 1.09. The molecule has 0 aliphatic rings. The van der Waals surface area contributed by atoms with E-state index >= 15 is 0 Å². The average molecular weight is 354 g/mol. The Labute approximate surface area is 138 Å².